The van der Waals surface area contributed by atoms with Crippen molar-refractivity contribution in [1.29, 1.82) is 5.26 Å². The van der Waals surface area contributed by atoms with Gasteiger partial charge in [0, 0.05) is 24.5 Å². The van der Waals surface area contributed by atoms with Gasteiger partial charge in [-0.25, -0.2) is 13.6 Å². The maximum absolute atomic E-state index is 13.7. The second kappa shape index (κ2) is 10.4. The van der Waals surface area contributed by atoms with Crippen LogP contribution in [-0.2, 0) is 16.0 Å². The van der Waals surface area contributed by atoms with E-state index in [4.69, 9.17) is 10.00 Å². The van der Waals surface area contributed by atoms with Gasteiger partial charge >= 0.3 is 6.09 Å². The summed E-state index contributed by atoms with van der Waals surface area (Å²) >= 11 is 0. The number of ether oxygens (including phenoxy) is 1. The topological polar surface area (TPSA) is 116 Å². The second-order valence-corrected chi connectivity index (χ2v) is 11.2. The molecule has 0 radical (unpaired) electrons. The van der Waals surface area contributed by atoms with Crippen LogP contribution in [0, 0.1) is 11.3 Å². The molecule has 3 amide bonds. The number of hydrogen-bond donors (Lipinski definition) is 1. The number of hydrogen-bond acceptors (Lipinski definition) is 6. The van der Waals surface area contributed by atoms with E-state index in [0.717, 1.165) is 27.3 Å². The number of rotatable bonds is 4. The van der Waals surface area contributed by atoms with E-state index in [1.165, 1.54) is 12.3 Å². The lowest BCUT2D eigenvalue weighted by Gasteiger charge is -2.24. The molecular weight excluding hydrogens is 532 g/mol. The molecule has 1 fully saturated rings. The van der Waals surface area contributed by atoms with Gasteiger partial charge < -0.3 is 15.0 Å². The summed E-state index contributed by atoms with van der Waals surface area (Å²) in [6.45, 7) is 4.62. The predicted molar refractivity (Wildman–Crippen MR) is 147 cm³/mol. The van der Waals surface area contributed by atoms with E-state index in [0.29, 0.717) is 23.9 Å². The Morgan fingerprint density at radius 3 is 2.61 bits per heavy atom. The van der Waals surface area contributed by atoms with Gasteiger partial charge in [0.1, 0.15) is 11.6 Å². The monoisotopic (exact) mass is 561 g/mol. The van der Waals surface area contributed by atoms with Crippen LogP contribution in [0.3, 0.4) is 0 Å². The molecule has 3 heterocycles. The molecule has 3 aromatic rings. The molecule has 1 N–H and O–H groups in total. The summed E-state index contributed by atoms with van der Waals surface area (Å²) in [6.07, 6.45) is 1.04. The molecule has 1 saturated heterocycles. The van der Waals surface area contributed by atoms with Crippen LogP contribution in [0.15, 0.2) is 48.7 Å². The van der Waals surface area contributed by atoms with Gasteiger partial charge in [0.15, 0.2) is 0 Å². The fraction of sp³-hybridized carbons (Fsp3) is 0.367. The Labute approximate surface area is 235 Å². The van der Waals surface area contributed by atoms with E-state index in [9.17, 15) is 23.2 Å². The van der Waals surface area contributed by atoms with Crippen LogP contribution in [0.4, 0.5) is 19.3 Å². The number of pyridine rings is 1. The summed E-state index contributed by atoms with van der Waals surface area (Å²) in [5.41, 5.74) is 3.74. The molecule has 212 valence electrons. The third-order valence-corrected chi connectivity index (χ3v) is 7.05. The van der Waals surface area contributed by atoms with Crippen LogP contribution >= 0.6 is 0 Å². The van der Waals surface area contributed by atoms with Crippen molar-refractivity contribution in [2.75, 3.05) is 24.5 Å². The summed E-state index contributed by atoms with van der Waals surface area (Å²) in [6, 6.07) is 13.3. The lowest BCUT2D eigenvalue weighted by atomic mass is 9.98. The Hall–Kier alpha value is -4.59. The van der Waals surface area contributed by atoms with Crippen molar-refractivity contribution in [3.63, 3.8) is 0 Å². The van der Waals surface area contributed by atoms with Crippen molar-refractivity contribution in [2.24, 2.45) is 0 Å². The highest BCUT2D eigenvalue weighted by Gasteiger charge is 2.47. The van der Waals surface area contributed by atoms with Gasteiger partial charge in [-0.05, 0) is 74.2 Å². The number of benzene rings is 2. The number of amides is 3. The molecule has 2 aliphatic rings. The van der Waals surface area contributed by atoms with Crippen molar-refractivity contribution < 1.29 is 27.9 Å². The Kier molecular flexibility index (Phi) is 7.11. The highest BCUT2D eigenvalue weighted by Crippen LogP contribution is 2.35. The van der Waals surface area contributed by atoms with Gasteiger partial charge in [0.05, 0.1) is 35.9 Å². The molecule has 1 atom stereocenters. The maximum atomic E-state index is 13.7. The average Bonchev–Trinajstić information content (AvgIpc) is 3.49. The molecule has 1 aromatic heterocycles. The van der Waals surface area contributed by atoms with Crippen molar-refractivity contribution >= 4 is 34.5 Å². The molecule has 0 spiro atoms. The van der Waals surface area contributed by atoms with Crippen molar-refractivity contribution in [3.8, 4) is 17.2 Å². The molecule has 0 unspecified atom stereocenters. The molecule has 0 aliphatic carbocycles. The molecular formula is C30H29F2N5O4. The average molecular weight is 562 g/mol. The normalized spacial score (nSPS) is 17.7. The summed E-state index contributed by atoms with van der Waals surface area (Å²) in [5.74, 6) is -4.45. The van der Waals surface area contributed by atoms with E-state index in [-0.39, 0.29) is 5.56 Å². The number of nitriles is 1. The summed E-state index contributed by atoms with van der Waals surface area (Å²) in [7, 11) is 0. The number of carbonyl (C=O) groups is 3. The summed E-state index contributed by atoms with van der Waals surface area (Å²) < 4.78 is 33.0. The number of anilines is 1. The number of aromatic nitrogens is 1. The number of fused-ring (bicyclic) bond motifs is 2. The van der Waals surface area contributed by atoms with Crippen LogP contribution < -0.4 is 10.2 Å². The fourth-order valence-electron chi connectivity index (χ4n) is 5.16. The SMILES string of the molecule is CC(C)(C)OC(=O)N1CCc2cc(-c3ccc4nccc(C(=O)NCC(=O)N5CC(F)(F)C[C@H]5C#N)c4c3)ccc21. The minimum atomic E-state index is -3.14. The highest BCUT2D eigenvalue weighted by atomic mass is 19.3. The van der Waals surface area contributed by atoms with Gasteiger partial charge in [-0.3, -0.25) is 19.5 Å². The number of nitrogens with zero attached hydrogens (tertiary/aromatic N) is 4. The lowest BCUT2D eigenvalue weighted by molar-refractivity contribution is -0.131. The van der Waals surface area contributed by atoms with E-state index >= 15 is 0 Å². The van der Waals surface area contributed by atoms with Gasteiger partial charge in [-0.15, -0.1) is 0 Å². The van der Waals surface area contributed by atoms with Gasteiger partial charge in [0.2, 0.25) is 5.91 Å². The first-order valence-electron chi connectivity index (χ1n) is 13.2. The molecule has 0 bridgehead atoms. The zero-order valence-corrected chi connectivity index (χ0v) is 22.9. The molecule has 9 nitrogen and oxygen atoms in total. The van der Waals surface area contributed by atoms with Crippen LogP contribution in [0.5, 0.6) is 0 Å². The Morgan fingerprint density at radius 2 is 1.88 bits per heavy atom. The standard InChI is InChI=1S/C30H29F2N5O4/c1-29(2,3)41-28(40)36-11-9-20-12-18(5-7-25(20)36)19-4-6-24-23(13-19)22(8-10-34-24)27(39)35-16-26(38)37-17-30(31,32)14-21(37)15-33/h4-8,10,12-13,21H,9,11,14,16-17H2,1-3H3,(H,35,39)/t21-/m0/s1. The lowest BCUT2D eigenvalue weighted by Crippen LogP contribution is -2.43. The van der Waals surface area contributed by atoms with E-state index in [2.05, 4.69) is 10.3 Å². The number of nitrogens with one attached hydrogen (secondary N) is 1. The number of carbonyl (C=O) groups excluding carboxylic acids is 3. The molecule has 41 heavy (non-hydrogen) atoms. The first-order valence-corrected chi connectivity index (χ1v) is 13.2. The zero-order valence-electron chi connectivity index (χ0n) is 22.9. The minimum absolute atomic E-state index is 0.269. The number of halogens is 2. The second-order valence-electron chi connectivity index (χ2n) is 11.2. The third kappa shape index (κ3) is 5.82. The molecule has 2 aromatic carbocycles. The molecule has 11 heteroatoms. The zero-order chi connectivity index (χ0) is 29.5. The molecule has 5 rings (SSSR count). The largest absolute Gasteiger partial charge is 0.443 e. The van der Waals surface area contributed by atoms with Crippen molar-refractivity contribution in [2.45, 2.75) is 51.2 Å². The van der Waals surface area contributed by atoms with E-state index < -0.39 is 55.0 Å². The van der Waals surface area contributed by atoms with Gasteiger partial charge in [-0.1, -0.05) is 12.1 Å². The quantitative estimate of drug-likeness (QED) is 0.494. The molecule has 0 saturated carbocycles. The summed E-state index contributed by atoms with van der Waals surface area (Å²) in [5, 5.41) is 12.2. The number of alkyl halides is 2. The fourth-order valence-corrected chi connectivity index (χ4v) is 5.16. The Balaban J connectivity index is 1.35. The Morgan fingerprint density at radius 1 is 1.15 bits per heavy atom. The highest BCUT2D eigenvalue weighted by molar-refractivity contribution is 6.07. The summed E-state index contributed by atoms with van der Waals surface area (Å²) in [4.78, 5) is 45.0. The number of likely N-dealkylation sites (tertiary alicyclic amines) is 1. The van der Waals surface area contributed by atoms with Crippen molar-refractivity contribution in [3.05, 3.63) is 59.8 Å². The van der Waals surface area contributed by atoms with Gasteiger partial charge in [-0.2, -0.15) is 5.26 Å². The minimum Gasteiger partial charge on any atom is -0.443 e. The van der Waals surface area contributed by atoms with Crippen molar-refractivity contribution in [1.82, 2.24) is 15.2 Å². The molecule has 2 aliphatic heterocycles. The first-order chi connectivity index (χ1) is 19.3. The first kappa shape index (κ1) is 28.0. The third-order valence-electron chi connectivity index (χ3n) is 7.05. The smallest absolute Gasteiger partial charge is 0.414 e. The maximum Gasteiger partial charge on any atom is 0.414 e. The van der Waals surface area contributed by atoms with Crippen LogP contribution in [0.2, 0.25) is 0 Å². The Bertz CT molecular complexity index is 1590. The predicted octanol–water partition coefficient (Wildman–Crippen LogP) is 4.69. The van der Waals surface area contributed by atoms with E-state index in [1.807, 2.05) is 51.1 Å². The van der Waals surface area contributed by atoms with Crippen LogP contribution in [0.25, 0.3) is 22.0 Å². The van der Waals surface area contributed by atoms with Crippen LogP contribution in [-0.4, -0.2) is 65.0 Å². The van der Waals surface area contributed by atoms with E-state index in [1.54, 1.807) is 17.0 Å². The van der Waals surface area contributed by atoms with Crippen LogP contribution in [0.1, 0.15) is 43.1 Å². The van der Waals surface area contributed by atoms with Gasteiger partial charge in [0.25, 0.3) is 11.8 Å².